The molecule has 5 rings (SSSR count). The number of carbonyl (C=O) groups is 1. The van der Waals surface area contributed by atoms with Crippen LogP contribution >= 0.6 is 11.3 Å². The fourth-order valence-corrected chi connectivity index (χ4v) is 5.13. The molecule has 1 aliphatic heterocycles. The molecule has 7 heteroatoms. The Morgan fingerprint density at radius 3 is 2.83 bits per heavy atom. The molecule has 2 aliphatic rings. The van der Waals surface area contributed by atoms with Crippen molar-refractivity contribution in [3.05, 3.63) is 57.8 Å². The molecule has 0 spiro atoms. The molecule has 6 nitrogen and oxygen atoms in total. The summed E-state index contributed by atoms with van der Waals surface area (Å²) in [6.45, 7) is 3.10. The third-order valence-corrected chi connectivity index (χ3v) is 6.88. The van der Waals surface area contributed by atoms with E-state index in [0.29, 0.717) is 17.4 Å². The maximum absolute atomic E-state index is 12.9. The first-order valence-electron chi connectivity index (χ1n) is 10.7. The molecule has 1 aliphatic carbocycles. The highest BCUT2D eigenvalue weighted by atomic mass is 32.1. The van der Waals surface area contributed by atoms with E-state index >= 15 is 0 Å². The first-order valence-corrected chi connectivity index (χ1v) is 11.6. The maximum Gasteiger partial charge on any atom is 0.259 e. The van der Waals surface area contributed by atoms with Gasteiger partial charge in [-0.25, -0.2) is 4.98 Å². The molecule has 0 bridgehead atoms. The van der Waals surface area contributed by atoms with Crippen molar-refractivity contribution in [1.29, 1.82) is 0 Å². The molecular formula is C23H26N4O2S. The molecule has 156 valence electrons. The second-order valence-corrected chi connectivity index (χ2v) is 9.29. The molecular weight excluding hydrogens is 396 g/mol. The molecule has 0 radical (unpaired) electrons. The van der Waals surface area contributed by atoms with Crippen molar-refractivity contribution in [2.45, 2.75) is 32.2 Å². The van der Waals surface area contributed by atoms with Crippen LogP contribution in [0.3, 0.4) is 0 Å². The molecule has 30 heavy (non-hydrogen) atoms. The van der Waals surface area contributed by atoms with Crippen LogP contribution in [0.5, 0.6) is 0 Å². The predicted molar refractivity (Wildman–Crippen MR) is 119 cm³/mol. The Kier molecular flexibility index (Phi) is 5.39. The molecule has 2 fully saturated rings. The summed E-state index contributed by atoms with van der Waals surface area (Å²) in [6.07, 6.45) is 4.43. The summed E-state index contributed by atoms with van der Waals surface area (Å²) in [4.78, 5) is 33.1. The van der Waals surface area contributed by atoms with E-state index in [1.165, 1.54) is 24.2 Å². The summed E-state index contributed by atoms with van der Waals surface area (Å²) in [6, 6.07) is 11.6. The van der Waals surface area contributed by atoms with Gasteiger partial charge in [0.2, 0.25) is 5.91 Å². The lowest BCUT2D eigenvalue weighted by Gasteiger charge is -2.31. The standard InChI is InChI=1S/C23H26N4O2S/c28-21-11-19(25-23-27(21)20(15-30-23)17-5-2-1-3-6-17)14-26-10-4-7-18(13-26)22(29)24-12-16-8-9-16/h1-3,5-6,11,15-16,18H,4,7-10,12-14H2,(H,24,29)/t18-/m0/s1. The summed E-state index contributed by atoms with van der Waals surface area (Å²) in [5, 5.41) is 5.11. The number of rotatable bonds is 6. The Morgan fingerprint density at radius 2 is 2.03 bits per heavy atom. The third kappa shape index (κ3) is 4.18. The molecule has 3 heterocycles. The highest BCUT2D eigenvalue weighted by molar-refractivity contribution is 7.15. The van der Waals surface area contributed by atoms with Gasteiger partial charge in [-0.2, -0.15) is 0 Å². The molecule has 2 aromatic heterocycles. The Labute approximate surface area is 179 Å². The van der Waals surface area contributed by atoms with Crippen molar-refractivity contribution in [2.75, 3.05) is 19.6 Å². The lowest BCUT2D eigenvalue weighted by Crippen LogP contribution is -2.43. The number of nitrogens with one attached hydrogen (secondary N) is 1. The highest BCUT2D eigenvalue weighted by Gasteiger charge is 2.28. The Bertz CT molecular complexity index is 1100. The van der Waals surface area contributed by atoms with E-state index in [0.717, 1.165) is 49.4 Å². The molecule has 1 saturated heterocycles. The van der Waals surface area contributed by atoms with Gasteiger partial charge in [0.15, 0.2) is 4.96 Å². The number of likely N-dealkylation sites (tertiary alicyclic amines) is 1. The van der Waals surface area contributed by atoms with Crippen molar-refractivity contribution in [1.82, 2.24) is 19.6 Å². The van der Waals surface area contributed by atoms with E-state index in [1.807, 2.05) is 35.7 Å². The number of hydrogen-bond donors (Lipinski definition) is 1. The zero-order chi connectivity index (χ0) is 20.5. The van der Waals surface area contributed by atoms with E-state index in [2.05, 4.69) is 10.2 Å². The first kappa shape index (κ1) is 19.5. The summed E-state index contributed by atoms with van der Waals surface area (Å²) in [5.74, 6) is 0.915. The van der Waals surface area contributed by atoms with Gasteiger partial charge in [-0.3, -0.25) is 18.9 Å². The molecule has 1 atom stereocenters. The number of amides is 1. The van der Waals surface area contributed by atoms with E-state index in [9.17, 15) is 9.59 Å². The normalized spacial score (nSPS) is 19.8. The number of carbonyl (C=O) groups excluding carboxylic acids is 1. The second-order valence-electron chi connectivity index (χ2n) is 8.45. The number of piperidine rings is 1. The lowest BCUT2D eigenvalue weighted by molar-refractivity contribution is -0.126. The van der Waals surface area contributed by atoms with Crippen molar-refractivity contribution >= 4 is 22.2 Å². The van der Waals surface area contributed by atoms with Crippen LogP contribution in [0, 0.1) is 11.8 Å². The fraction of sp³-hybridized carbons (Fsp3) is 0.435. The van der Waals surface area contributed by atoms with Gasteiger partial charge in [-0.1, -0.05) is 30.3 Å². The Morgan fingerprint density at radius 1 is 1.20 bits per heavy atom. The van der Waals surface area contributed by atoms with Gasteiger partial charge in [-0.15, -0.1) is 11.3 Å². The number of hydrogen-bond acceptors (Lipinski definition) is 5. The summed E-state index contributed by atoms with van der Waals surface area (Å²) in [7, 11) is 0. The molecule has 1 aromatic carbocycles. The van der Waals surface area contributed by atoms with Crippen molar-refractivity contribution in [3.8, 4) is 11.3 Å². The van der Waals surface area contributed by atoms with Gasteiger partial charge in [0, 0.05) is 31.1 Å². The van der Waals surface area contributed by atoms with Crippen molar-refractivity contribution in [3.63, 3.8) is 0 Å². The van der Waals surface area contributed by atoms with Crippen LogP contribution in [0.1, 0.15) is 31.4 Å². The minimum atomic E-state index is -0.0501. The van der Waals surface area contributed by atoms with Crippen LogP contribution in [-0.2, 0) is 11.3 Å². The lowest BCUT2D eigenvalue weighted by atomic mass is 9.97. The van der Waals surface area contributed by atoms with Gasteiger partial charge in [0.25, 0.3) is 5.56 Å². The number of fused-ring (bicyclic) bond motifs is 1. The Balaban J connectivity index is 1.30. The minimum Gasteiger partial charge on any atom is -0.356 e. The quantitative estimate of drug-likeness (QED) is 0.663. The predicted octanol–water partition coefficient (Wildman–Crippen LogP) is 3.16. The smallest absolute Gasteiger partial charge is 0.259 e. The van der Waals surface area contributed by atoms with Crippen LogP contribution in [0.4, 0.5) is 0 Å². The summed E-state index contributed by atoms with van der Waals surface area (Å²) >= 11 is 1.49. The number of aromatic nitrogens is 2. The molecule has 1 amide bonds. The second kappa shape index (κ2) is 8.32. The average molecular weight is 423 g/mol. The van der Waals surface area contributed by atoms with Gasteiger partial charge in [0.1, 0.15) is 0 Å². The zero-order valence-electron chi connectivity index (χ0n) is 16.9. The largest absolute Gasteiger partial charge is 0.356 e. The SMILES string of the molecule is O=C(NCC1CC1)[C@H]1CCCN(Cc2cc(=O)n3c(-c4ccccc4)csc3n2)C1. The van der Waals surface area contributed by atoms with Crippen molar-refractivity contribution < 1.29 is 4.79 Å². The zero-order valence-corrected chi connectivity index (χ0v) is 17.7. The third-order valence-electron chi connectivity index (χ3n) is 6.05. The van der Waals surface area contributed by atoms with Crippen LogP contribution < -0.4 is 10.9 Å². The number of benzene rings is 1. The Hall–Kier alpha value is -2.51. The van der Waals surface area contributed by atoms with E-state index in [4.69, 9.17) is 4.98 Å². The maximum atomic E-state index is 12.9. The van der Waals surface area contributed by atoms with Crippen LogP contribution in [-0.4, -0.2) is 39.8 Å². The molecule has 3 aromatic rings. The molecule has 0 unspecified atom stereocenters. The van der Waals surface area contributed by atoms with Crippen LogP contribution in [0.2, 0.25) is 0 Å². The first-order chi connectivity index (χ1) is 14.7. The average Bonchev–Trinajstić information content (AvgIpc) is 3.50. The van der Waals surface area contributed by atoms with E-state index in [1.54, 1.807) is 10.5 Å². The monoisotopic (exact) mass is 422 g/mol. The summed E-state index contributed by atoms with van der Waals surface area (Å²) < 4.78 is 1.69. The number of thiazole rings is 1. The van der Waals surface area contributed by atoms with Gasteiger partial charge >= 0.3 is 0 Å². The molecule has 1 saturated carbocycles. The van der Waals surface area contributed by atoms with Crippen LogP contribution in [0.15, 0.2) is 46.6 Å². The molecule has 1 N–H and O–H groups in total. The fourth-order valence-electron chi connectivity index (χ4n) is 4.21. The minimum absolute atomic E-state index is 0.0359. The van der Waals surface area contributed by atoms with E-state index < -0.39 is 0 Å². The van der Waals surface area contributed by atoms with Crippen LogP contribution in [0.25, 0.3) is 16.2 Å². The van der Waals surface area contributed by atoms with Gasteiger partial charge in [-0.05, 0) is 43.7 Å². The van der Waals surface area contributed by atoms with Gasteiger partial charge < -0.3 is 5.32 Å². The summed E-state index contributed by atoms with van der Waals surface area (Å²) in [5.41, 5.74) is 2.62. The van der Waals surface area contributed by atoms with Gasteiger partial charge in [0.05, 0.1) is 17.3 Å². The number of nitrogens with zero attached hydrogens (tertiary/aromatic N) is 3. The highest BCUT2D eigenvalue weighted by Crippen LogP contribution is 2.28. The van der Waals surface area contributed by atoms with E-state index in [-0.39, 0.29) is 17.4 Å². The topological polar surface area (TPSA) is 66.7 Å². The van der Waals surface area contributed by atoms with Crippen molar-refractivity contribution in [2.24, 2.45) is 11.8 Å².